The lowest BCUT2D eigenvalue weighted by Gasteiger charge is -2.09. The summed E-state index contributed by atoms with van der Waals surface area (Å²) < 4.78 is 39.2. The second kappa shape index (κ2) is 5.56. The van der Waals surface area contributed by atoms with E-state index in [1.54, 1.807) is 6.20 Å². The van der Waals surface area contributed by atoms with Crippen molar-refractivity contribution in [2.24, 2.45) is 0 Å². The Kier molecular flexibility index (Phi) is 4.01. The van der Waals surface area contributed by atoms with Gasteiger partial charge in [0.15, 0.2) is 0 Å². The van der Waals surface area contributed by atoms with Crippen molar-refractivity contribution >= 4 is 5.69 Å². The van der Waals surface area contributed by atoms with Gasteiger partial charge in [-0.25, -0.2) is 0 Å². The summed E-state index contributed by atoms with van der Waals surface area (Å²) in [6, 6.07) is 5.01. The minimum Gasteiger partial charge on any atom is -0.381 e. The minimum atomic E-state index is -4.29. The van der Waals surface area contributed by atoms with Crippen molar-refractivity contribution in [3.05, 3.63) is 47.3 Å². The van der Waals surface area contributed by atoms with Crippen LogP contribution in [0.2, 0.25) is 0 Å². The molecule has 3 nitrogen and oxygen atoms in total. The molecule has 20 heavy (non-hydrogen) atoms. The van der Waals surface area contributed by atoms with Crippen LogP contribution < -0.4 is 5.32 Å². The molecule has 0 atom stereocenters. The highest BCUT2D eigenvalue weighted by Crippen LogP contribution is 2.29. The van der Waals surface area contributed by atoms with Gasteiger partial charge in [-0.05, 0) is 38.1 Å². The average molecular weight is 283 g/mol. The number of alkyl halides is 3. The Morgan fingerprint density at radius 1 is 1.20 bits per heavy atom. The fourth-order valence-corrected chi connectivity index (χ4v) is 1.95. The molecule has 0 aliphatic heterocycles. The van der Waals surface area contributed by atoms with Crippen molar-refractivity contribution in [3.8, 4) is 0 Å². The van der Waals surface area contributed by atoms with E-state index < -0.39 is 11.7 Å². The number of hydrogen-bond acceptors (Lipinski definition) is 2. The maximum atomic E-state index is 12.4. The molecule has 1 aromatic heterocycles. The zero-order valence-electron chi connectivity index (χ0n) is 11.3. The molecule has 1 heterocycles. The number of aryl methyl sites for hydroxylation is 1. The predicted octanol–water partition coefficient (Wildman–Crippen LogP) is 3.84. The fraction of sp³-hybridized carbons (Fsp3) is 0.357. The van der Waals surface area contributed by atoms with E-state index in [-0.39, 0.29) is 0 Å². The molecule has 0 aliphatic carbocycles. The van der Waals surface area contributed by atoms with Crippen molar-refractivity contribution in [1.82, 2.24) is 9.78 Å². The molecule has 6 heteroatoms. The van der Waals surface area contributed by atoms with Crippen LogP contribution in [0.15, 0.2) is 30.5 Å². The van der Waals surface area contributed by atoms with Gasteiger partial charge in [0.1, 0.15) is 0 Å². The molecule has 2 aromatic rings. The molecule has 0 aliphatic rings. The van der Waals surface area contributed by atoms with Crippen molar-refractivity contribution < 1.29 is 13.2 Å². The van der Waals surface area contributed by atoms with Gasteiger partial charge in [-0.15, -0.1) is 0 Å². The summed E-state index contributed by atoms with van der Waals surface area (Å²) in [6.45, 7) is 5.32. The summed E-state index contributed by atoms with van der Waals surface area (Å²) in [5.74, 6) is 0. The van der Waals surface area contributed by atoms with Crippen molar-refractivity contribution in [2.75, 3.05) is 5.32 Å². The van der Waals surface area contributed by atoms with Gasteiger partial charge in [-0.1, -0.05) is 0 Å². The van der Waals surface area contributed by atoms with Crippen LogP contribution in [0, 0.1) is 6.92 Å². The third-order valence-corrected chi connectivity index (χ3v) is 3.20. The lowest BCUT2D eigenvalue weighted by Crippen LogP contribution is -2.06. The normalized spacial score (nSPS) is 11.7. The SMILES string of the molecule is CCn1ncc(CNc2ccc(C(F)(F)F)cc2)c1C. The minimum absolute atomic E-state index is 0.539. The third-order valence-electron chi connectivity index (χ3n) is 3.20. The fourth-order valence-electron chi connectivity index (χ4n) is 1.95. The Hall–Kier alpha value is -1.98. The second-order valence-electron chi connectivity index (χ2n) is 4.50. The van der Waals surface area contributed by atoms with E-state index in [2.05, 4.69) is 10.4 Å². The summed E-state index contributed by atoms with van der Waals surface area (Å²) in [6.07, 6.45) is -2.52. The van der Waals surface area contributed by atoms with Crippen molar-refractivity contribution in [2.45, 2.75) is 33.1 Å². The van der Waals surface area contributed by atoms with Crippen LogP contribution >= 0.6 is 0 Å². The molecule has 1 N–H and O–H groups in total. The van der Waals surface area contributed by atoms with Crippen molar-refractivity contribution in [1.29, 1.82) is 0 Å². The largest absolute Gasteiger partial charge is 0.416 e. The van der Waals surface area contributed by atoms with E-state index >= 15 is 0 Å². The van der Waals surface area contributed by atoms with E-state index in [1.807, 2.05) is 18.5 Å². The molecular weight excluding hydrogens is 267 g/mol. The maximum Gasteiger partial charge on any atom is 0.416 e. The van der Waals surface area contributed by atoms with Gasteiger partial charge in [0.25, 0.3) is 0 Å². The molecule has 2 rings (SSSR count). The third kappa shape index (κ3) is 3.12. The summed E-state index contributed by atoms with van der Waals surface area (Å²) in [7, 11) is 0. The van der Waals surface area contributed by atoms with Gasteiger partial charge >= 0.3 is 6.18 Å². The summed E-state index contributed by atoms with van der Waals surface area (Å²) in [4.78, 5) is 0. The van der Waals surface area contributed by atoms with Crippen LogP contribution in [0.25, 0.3) is 0 Å². The molecule has 0 bridgehead atoms. The first-order chi connectivity index (χ1) is 9.41. The quantitative estimate of drug-likeness (QED) is 0.923. The zero-order chi connectivity index (χ0) is 14.8. The molecule has 0 radical (unpaired) electrons. The number of nitrogens with one attached hydrogen (secondary N) is 1. The van der Waals surface area contributed by atoms with Crippen LogP contribution in [0.4, 0.5) is 18.9 Å². The molecule has 108 valence electrons. The Balaban J connectivity index is 2.02. The number of rotatable bonds is 4. The molecule has 0 spiro atoms. The van der Waals surface area contributed by atoms with Gasteiger partial charge in [0.2, 0.25) is 0 Å². The van der Waals surface area contributed by atoms with Crippen LogP contribution in [0.5, 0.6) is 0 Å². The van der Waals surface area contributed by atoms with E-state index in [9.17, 15) is 13.2 Å². The maximum absolute atomic E-state index is 12.4. The van der Waals surface area contributed by atoms with E-state index in [0.717, 1.165) is 29.9 Å². The molecule has 0 amide bonds. The van der Waals surface area contributed by atoms with Crippen LogP contribution in [0.3, 0.4) is 0 Å². The summed E-state index contributed by atoms with van der Waals surface area (Å²) in [5, 5.41) is 7.32. The molecule has 1 aromatic carbocycles. The molecule has 0 saturated carbocycles. The highest BCUT2D eigenvalue weighted by molar-refractivity contribution is 5.45. The highest BCUT2D eigenvalue weighted by atomic mass is 19.4. The van der Waals surface area contributed by atoms with Gasteiger partial charge in [-0.2, -0.15) is 18.3 Å². The first-order valence-electron chi connectivity index (χ1n) is 6.34. The first-order valence-corrected chi connectivity index (χ1v) is 6.34. The molecular formula is C14H16F3N3. The Labute approximate surface area is 115 Å². The van der Waals surface area contributed by atoms with Gasteiger partial charge < -0.3 is 5.32 Å². The second-order valence-corrected chi connectivity index (χ2v) is 4.50. The number of anilines is 1. The summed E-state index contributed by atoms with van der Waals surface area (Å²) in [5.41, 5.74) is 2.11. The molecule has 0 saturated heterocycles. The lowest BCUT2D eigenvalue weighted by molar-refractivity contribution is -0.137. The van der Waals surface area contributed by atoms with Crippen LogP contribution in [0.1, 0.15) is 23.7 Å². The number of benzene rings is 1. The monoisotopic (exact) mass is 283 g/mol. The Morgan fingerprint density at radius 2 is 1.85 bits per heavy atom. The Bertz CT molecular complexity index is 570. The topological polar surface area (TPSA) is 29.9 Å². The Morgan fingerprint density at radius 3 is 2.35 bits per heavy atom. The smallest absolute Gasteiger partial charge is 0.381 e. The molecule has 0 fully saturated rings. The average Bonchev–Trinajstić information content (AvgIpc) is 2.76. The first kappa shape index (κ1) is 14.4. The highest BCUT2D eigenvalue weighted by Gasteiger charge is 2.29. The van der Waals surface area contributed by atoms with Gasteiger partial charge in [-0.3, -0.25) is 4.68 Å². The summed E-state index contributed by atoms with van der Waals surface area (Å²) >= 11 is 0. The number of halogens is 3. The lowest BCUT2D eigenvalue weighted by atomic mass is 10.2. The predicted molar refractivity (Wildman–Crippen MR) is 71.4 cm³/mol. The zero-order valence-corrected chi connectivity index (χ0v) is 11.3. The van der Waals surface area contributed by atoms with E-state index in [1.165, 1.54) is 12.1 Å². The number of aromatic nitrogens is 2. The van der Waals surface area contributed by atoms with Gasteiger partial charge in [0, 0.05) is 30.0 Å². The van der Waals surface area contributed by atoms with Crippen LogP contribution in [-0.4, -0.2) is 9.78 Å². The van der Waals surface area contributed by atoms with Crippen LogP contribution in [-0.2, 0) is 19.3 Å². The van der Waals surface area contributed by atoms with Gasteiger partial charge in [0.05, 0.1) is 11.8 Å². The number of nitrogens with zero attached hydrogens (tertiary/aromatic N) is 2. The van der Waals surface area contributed by atoms with Crippen molar-refractivity contribution in [3.63, 3.8) is 0 Å². The standard InChI is InChI=1S/C14H16F3N3/c1-3-20-10(2)11(9-19-20)8-18-13-6-4-12(5-7-13)14(15,16)17/h4-7,9,18H,3,8H2,1-2H3. The van der Waals surface area contributed by atoms with E-state index in [0.29, 0.717) is 12.2 Å². The number of hydrogen-bond donors (Lipinski definition) is 1. The van der Waals surface area contributed by atoms with E-state index in [4.69, 9.17) is 0 Å². The molecule has 0 unspecified atom stereocenters.